The monoisotopic (exact) mass is 315 g/mol. The van der Waals surface area contributed by atoms with E-state index >= 15 is 0 Å². The number of anilines is 1. The van der Waals surface area contributed by atoms with Crippen molar-refractivity contribution in [2.75, 3.05) is 5.32 Å². The molecule has 0 saturated carbocycles. The number of carboxylic acids is 1. The number of aliphatic carboxylic acids is 1. The molecule has 0 bridgehead atoms. The first kappa shape index (κ1) is 15.9. The van der Waals surface area contributed by atoms with Crippen LogP contribution in [0.1, 0.15) is 20.8 Å². The molecule has 0 aliphatic rings. The molecule has 7 nitrogen and oxygen atoms in total. The lowest BCUT2D eigenvalue weighted by Crippen LogP contribution is -2.15. The highest BCUT2D eigenvalue weighted by molar-refractivity contribution is 6.39. The van der Waals surface area contributed by atoms with Crippen LogP contribution in [0.2, 0.25) is 0 Å². The maximum absolute atomic E-state index is 13.2. The Balaban J connectivity index is 2.25. The number of nitrogens with one attached hydrogen (secondary N) is 1. The average Bonchev–Trinajstić information content (AvgIpc) is 2.90. The van der Waals surface area contributed by atoms with E-state index in [-0.39, 0.29) is 22.6 Å². The smallest absolute Gasteiger partial charge is 0.378 e. The van der Waals surface area contributed by atoms with Gasteiger partial charge in [0.15, 0.2) is 0 Å². The van der Waals surface area contributed by atoms with Gasteiger partial charge in [-0.1, -0.05) is 0 Å². The second kappa shape index (κ2) is 6.11. The normalized spacial score (nSPS) is 9.96. The van der Waals surface area contributed by atoms with Gasteiger partial charge in [-0.25, -0.2) is 14.0 Å². The molecule has 0 unspecified atom stereocenters. The van der Waals surface area contributed by atoms with Crippen molar-refractivity contribution in [2.45, 2.75) is 0 Å². The first-order chi connectivity index (χ1) is 10.8. The lowest BCUT2D eigenvalue weighted by Gasteiger charge is -2.04. The summed E-state index contributed by atoms with van der Waals surface area (Å²) in [7, 11) is 1.43. The number of ketones is 1. The number of aryl methyl sites for hydroxylation is 1. The molecule has 2 aromatic rings. The van der Waals surface area contributed by atoms with Gasteiger partial charge in [-0.3, -0.25) is 9.59 Å². The van der Waals surface area contributed by atoms with E-state index in [1.807, 2.05) is 0 Å². The van der Waals surface area contributed by atoms with Crippen molar-refractivity contribution in [2.24, 2.45) is 7.05 Å². The minimum absolute atomic E-state index is 0.0609. The van der Waals surface area contributed by atoms with Gasteiger partial charge in [-0.05, 0) is 24.3 Å². The topological polar surface area (TPSA) is 92.8 Å². The molecule has 2 rings (SSSR count). The first-order valence-electron chi connectivity index (χ1n) is 6.26. The summed E-state index contributed by atoms with van der Waals surface area (Å²) in [5, 5.41) is 11.1. The molecule has 0 aliphatic heterocycles. The van der Waals surface area contributed by atoms with E-state index in [1.165, 1.54) is 29.9 Å². The van der Waals surface area contributed by atoms with Crippen LogP contribution < -0.4 is 5.32 Å². The number of amides is 1. The van der Waals surface area contributed by atoms with Crippen LogP contribution in [-0.4, -0.2) is 27.3 Å². The summed E-state index contributed by atoms with van der Waals surface area (Å²) in [6.45, 7) is 6.82. The number of rotatable bonds is 4. The van der Waals surface area contributed by atoms with Gasteiger partial charge in [0, 0.05) is 18.9 Å². The van der Waals surface area contributed by atoms with E-state index in [0.717, 1.165) is 12.1 Å². The van der Waals surface area contributed by atoms with Crippen LogP contribution in [0.25, 0.3) is 4.85 Å². The third-order valence-electron chi connectivity index (χ3n) is 3.02. The Bertz CT molecular complexity index is 864. The summed E-state index contributed by atoms with van der Waals surface area (Å²) < 4.78 is 14.5. The molecule has 1 aromatic heterocycles. The summed E-state index contributed by atoms with van der Waals surface area (Å²) in [6.07, 6.45) is 1.30. The molecule has 0 radical (unpaired) electrons. The van der Waals surface area contributed by atoms with Gasteiger partial charge in [-0.15, -0.1) is 0 Å². The number of aromatic nitrogens is 1. The second-order valence-electron chi connectivity index (χ2n) is 4.59. The van der Waals surface area contributed by atoms with Crippen LogP contribution in [0.5, 0.6) is 0 Å². The molecule has 0 fully saturated rings. The number of carbonyl (C=O) groups is 3. The van der Waals surface area contributed by atoms with Gasteiger partial charge in [0.25, 0.3) is 11.7 Å². The molecule has 23 heavy (non-hydrogen) atoms. The van der Waals surface area contributed by atoms with E-state index in [4.69, 9.17) is 11.7 Å². The van der Waals surface area contributed by atoms with Gasteiger partial charge in [0.1, 0.15) is 5.82 Å². The van der Waals surface area contributed by atoms with Crippen molar-refractivity contribution in [3.8, 4) is 0 Å². The number of nitrogens with zero attached hydrogens (tertiary/aromatic N) is 2. The maximum atomic E-state index is 13.2. The minimum Gasteiger partial charge on any atom is -0.475 e. The Morgan fingerprint density at radius 3 is 2.61 bits per heavy atom. The van der Waals surface area contributed by atoms with E-state index in [9.17, 15) is 18.8 Å². The van der Waals surface area contributed by atoms with Crippen LogP contribution in [0.4, 0.5) is 15.8 Å². The molecule has 2 N–H and O–H groups in total. The lowest BCUT2D eigenvalue weighted by molar-refractivity contribution is -0.131. The number of hydrogen-bond acceptors (Lipinski definition) is 3. The van der Waals surface area contributed by atoms with E-state index < -0.39 is 23.5 Å². The van der Waals surface area contributed by atoms with Crippen LogP contribution in [0.3, 0.4) is 0 Å². The number of carbonyl (C=O) groups excluding carboxylic acids is 2. The summed E-state index contributed by atoms with van der Waals surface area (Å²) in [6, 6.07) is 4.65. The van der Waals surface area contributed by atoms with Gasteiger partial charge < -0.3 is 15.0 Å². The molecule has 8 heteroatoms. The molecule has 0 aliphatic carbocycles. The van der Waals surface area contributed by atoms with Gasteiger partial charge in [0.2, 0.25) is 5.69 Å². The average molecular weight is 315 g/mol. The number of carboxylic acid groups (broad SMARTS) is 1. The summed E-state index contributed by atoms with van der Waals surface area (Å²) in [5.41, 5.74) is -0.121. The molecular weight excluding hydrogens is 305 g/mol. The van der Waals surface area contributed by atoms with Crippen LogP contribution in [0.15, 0.2) is 30.5 Å². The van der Waals surface area contributed by atoms with E-state index in [0.29, 0.717) is 0 Å². The zero-order valence-electron chi connectivity index (χ0n) is 11.8. The third-order valence-corrected chi connectivity index (χ3v) is 3.02. The summed E-state index contributed by atoms with van der Waals surface area (Å²) in [4.78, 5) is 37.2. The Kier molecular flexibility index (Phi) is 4.23. The molecule has 0 spiro atoms. The molecule has 116 valence electrons. The molecule has 0 saturated heterocycles. The van der Waals surface area contributed by atoms with Crippen molar-refractivity contribution in [3.05, 3.63) is 59.0 Å². The fraction of sp³-hybridized carbons (Fsp3) is 0.0667. The van der Waals surface area contributed by atoms with Crippen molar-refractivity contribution in [1.29, 1.82) is 0 Å². The third kappa shape index (κ3) is 3.24. The predicted molar refractivity (Wildman–Crippen MR) is 78.0 cm³/mol. The van der Waals surface area contributed by atoms with Crippen molar-refractivity contribution < 1.29 is 23.9 Å². The SMILES string of the molecule is [C-]#[N+]c1cc(NC(=O)c2cc(C(=O)C(=O)O)n(C)c2)ccc1F. The zero-order chi connectivity index (χ0) is 17.1. The van der Waals surface area contributed by atoms with Crippen LogP contribution in [-0.2, 0) is 11.8 Å². The Labute approximate surface area is 129 Å². The highest BCUT2D eigenvalue weighted by atomic mass is 19.1. The quantitative estimate of drug-likeness (QED) is 0.514. The Morgan fingerprint density at radius 2 is 2.00 bits per heavy atom. The molecule has 1 amide bonds. The van der Waals surface area contributed by atoms with Crippen molar-refractivity contribution in [1.82, 2.24) is 4.57 Å². The lowest BCUT2D eigenvalue weighted by atomic mass is 10.2. The van der Waals surface area contributed by atoms with E-state index in [2.05, 4.69) is 10.2 Å². The number of benzene rings is 1. The number of halogens is 1. The highest BCUT2D eigenvalue weighted by Gasteiger charge is 2.21. The summed E-state index contributed by atoms with van der Waals surface area (Å²) in [5.74, 6) is -4.08. The van der Waals surface area contributed by atoms with Gasteiger partial charge >= 0.3 is 5.97 Å². The first-order valence-corrected chi connectivity index (χ1v) is 6.26. The van der Waals surface area contributed by atoms with Crippen molar-refractivity contribution >= 4 is 29.0 Å². The largest absolute Gasteiger partial charge is 0.475 e. The van der Waals surface area contributed by atoms with Crippen LogP contribution in [0, 0.1) is 12.4 Å². The summed E-state index contributed by atoms with van der Waals surface area (Å²) >= 11 is 0. The molecule has 0 atom stereocenters. The molecule has 1 aromatic carbocycles. The second-order valence-corrected chi connectivity index (χ2v) is 4.59. The number of hydrogen-bond donors (Lipinski definition) is 2. The fourth-order valence-electron chi connectivity index (χ4n) is 1.90. The number of Topliss-reactive ketones (excluding diaryl/α,β-unsaturated/α-hetero) is 1. The predicted octanol–water partition coefficient (Wildman–Crippen LogP) is 2.23. The molecule has 1 heterocycles. The minimum atomic E-state index is -1.63. The Morgan fingerprint density at radius 1 is 1.30 bits per heavy atom. The standard InChI is InChI=1S/C15H10FN3O4/c1-17-11-6-9(3-4-10(11)16)18-14(21)8-5-12(19(2)7-8)13(20)15(22)23/h3-7H,2H3,(H,18,21)(H,22,23). The van der Waals surface area contributed by atoms with Gasteiger partial charge in [-0.2, -0.15) is 0 Å². The highest BCUT2D eigenvalue weighted by Crippen LogP contribution is 2.23. The van der Waals surface area contributed by atoms with Gasteiger partial charge in [0.05, 0.1) is 17.8 Å². The van der Waals surface area contributed by atoms with Crippen LogP contribution >= 0.6 is 0 Å². The fourth-order valence-corrected chi connectivity index (χ4v) is 1.90. The zero-order valence-corrected chi connectivity index (χ0v) is 11.8. The Hall–Kier alpha value is -3.47. The molecular formula is C15H10FN3O4. The van der Waals surface area contributed by atoms with E-state index in [1.54, 1.807) is 0 Å². The van der Waals surface area contributed by atoms with Crippen molar-refractivity contribution in [3.63, 3.8) is 0 Å². The maximum Gasteiger partial charge on any atom is 0.378 e.